The van der Waals surface area contributed by atoms with Crippen LogP contribution < -0.4 is 5.32 Å². The van der Waals surface area contributed by atoms with Gasteiger partial charge < -0.3 is 10.1 Å². The van der Waals surface area contributed by atoms with Gasteiger partial charge in [0.2, 0.25) is 0 Å². The zero-order valence-corrected chi connectivity index (χ0v) is 15.7. The highest BCUT2D eigenvalue weighted by Crippen LogP contribution is 2.58. The highest BCUT2D eigenvalue weighted by Gasteiger charge is 2.66. The van der Waals surface area contributed by atoms with Crippen LogP contribution in [0.1, 0.15) is 44.6 Å². The van der Waals surface area contributed by atoms with Crippen molar-refractivity contribution in [2.75, 3.05) is 7.11 Å². The number of fused-ring (bicyclic) bond motifs is 2. The molecule has 23 heavy (non-hydrogen) atoms. The minimum Gasteiger partial charge on any atom is -0.468 e. The summed E-state index contributed by atoms with van der Waals surface area (Å²) in [6, 6.07) is 8.46. The molecule has 0 radical (unpaired) electrons. The van der Waals surface area contributed by atoms with Crippen molar-refractivity contribution in [2.45, 2.75) is 56.8 Å². The Morgan fingerprint density at radius 2 is 2.04 bits per heavy atom. The molecule has 0 spiro atoms. The summed E-state index contributed by atoms with van der Waals surface area (Å²) < 4.78 is 21.5. The van der Waals surface area contributed by atoms with E-state index in [4.69, 9.17) is 4.74 Å². The lowest BCUT2D eigenvalue weighted by Gasteiger charge is -2.51. The summed E-state index contributed by atoms with van der Waals surface area (Å²) in [5.74, 6) is -0.418. The van der Waals surface area contributed by atoms with E-state index in [1.165, 1.54) is 7.11 Å². The van der Waals surface area contributed by atoms with Gasteiger partial charge in [-0.25, -0.2) is 4.39 Å². The maximum Gasteiger partial charge on any atom is 0.317 e. The maximum atomic E-state index is 15.2. The largest absolute Gasteiger partial charge is 0.468 e. The quantitative estimate of drug-likeness (QED) is 0.580. The number of halogens is 2. The van der Waals surface area contributed by atoms with Crippen molar-refractivity contribution in [3.05, 3.63) is 33.4 Å². The number of hydrogen-bond acceptors (Lipinski definition) is 3. The van der Waals surface area contributed by atoms with Crippen molar-refractivity contribution >= 4 is 28.6 Å². The van der Waals surface area contributed by atoms with E-state index in [-0.39, 0.29) is 0 Å². The minimum atomic E-state index is -1.22. The van der Waals surface area contributed by atoms with E-state index >= 15 is 4.39 Å². The van der Waals surface area contributed by atoms with E-state index in [1.54, 1.807) is 6.92 Å². The molecule has 3 nitrogen and oxygen atoms in total. The first kappa shape index (κ1) is 17.1. The van der Waals surface area contributed by atoms with Gasteiger partial charge in [-0.2, -0.15) is 0 Å². The molecule has 2 fully saturated rings. The van der Waals surface area contributed by atoms with Crippen LogP contribution in [0.4, 0.5) is 4.39 Å². The Kier molecular flexibility index (Phi) is 4.71. The molecule has 2 bridgehead atoms. The van der Waals surface area contributed by atoms with E-state index in [2.05, 4.69) is 27.9 Å². The van der Waals surface area contributed by atoms with Crippen molar-refractivity contribution < 1.29 is 13.9 Å². The highest BCUT2D eigenvalue weighted by atomic mass is 127. The molecule has 1 N–H and O–H groups in total. The summed E-state index contributed by atoms with van der Waals surface area (Å²) in [5, 5.41) is 3.62. The second kappa shape index (κ2) is 6.31. The monoisotopic (exact) mass is 431 g/mol. The number of rotatable bonds is 4. The Balaban J connectivity index is 2.19. The average Bonchev–Trinajstić information content (AvgIpc) is 2.94. The molecule has 2 heterocycles. The Morgan fingerprint density at radius 1 is 1.39 bits per heavy atom. The third-order valence-corrected chi connectivity index (χ3v) is 6.47. The van der Waals surface area contributed by atoms with Crippen molar-refractivity contribution in [2.24, 2.45) is 5.41 Å². The van der Waals surface area contributed by atoms with E-state index in [0.29, 0.717) is 18.9 Å². The van der Waals surface area contributed by atoms with Crippen molar-refractivity contribution in [3.8, 4) is 0 Å². The first-order valence-corrected chi connectivity index (χ1v) is 9.34. The average molecular weight is 431 g/mol. The van der Waals surface area contributed by atoms with Crippen LogP contribution in [0.15, 0.2) is 24.3 Å². The van der Waals surface area contributed by atoms with Gasteiger partial charge in [0.05, 0.1) is 12.6 Å². The van der Waals surface area contributed by atoms with Gasteiger partial charge in [0.15, 0.2) is 0 Å². The fourth-order valence-corrected chi connectivity index (χ4v) is 5.01. The molecule has 1 aromatic carbocycles. The lowest BCUT2D eigenvalue weighted by molar-refractivity contribution is -0.169. The van der Waals surface area contributed by atoms with Gasteiger partial charge in [-0.1, -0.05) is 19.1 Å². The summed E-state index contributed by atoms with van der Waals surface area (Å²) in [5.41, 5.74) is -0.805. The van der Waals surface area contributed by atoms with Gasteiger partial charge >= 0.3 is 5.97 Å². The third-order valence-electron chi connectivity index (χ3n) is 5.75. The second-order valence-corrected chi connectivity index (χ2v) is 7.92. The van der Waals surface area contributed by atoms with Crippen molar-refractivity contribution in [1.29, 1.82) is 0 Å². The zero-order chi connectivity index (χ0) is 16.7. The van der Waals surface area contributed by atoms with E-state index in [9.17, 15) is 4.79 Å². The molecule has 5 heteroatoms. The fraction of sp³-hybridized carbons (Fsp3) is 0.611. The summed E-state index contributed by atoms with van der Waals surface area (Å²) >= 11 is 2.26. The van der Waals surface area contributed by atoms with Crippen LogP contribution in [-0.4, -0.2) is 25.3 Å². The second-order valence-electron chi connectivity index (χ2n) is 6.67. The number of ether oxygens (including phenoxy) is 1. The molecule has 2 aliphatic heterocycles. The fourth-order valence-electron chi connectivity index (χ4n) is 4.65. The first-order valence-electron chi connectivity index (χ1n) is 8.26. The predicted octanol–water partition coefficient (Wildman–Crippen LogP) is 3.94. The number of alkyl halides is 1. The summed E-state index contributed by atoms with van der Waals surface area (Å²) in [6.07, 6.45) is 2.20. The van der Waals surface area contributed by atoms with Crippen LogP contribution in [0.25, 0.3) is 0 Å². The lowest BCUT2D eigenvalue weighted by atomic mass is 9.59. The minimum absolute atomic E-state index is 0.313. The van der Waals surface area contributed by atoms with Gasteiger partial charge in [0.25, 0.3) is 0 Å². The van der Waals surface area contributed by atoms with Crippen LogP contribution in [0.2, 0.25) is 0 Å². The van der Waals surface area contributed by atoms with Gasteiger partial charge in [0, 0.05) is 9.61 Å². The van der Waals surface area contributed by atoms with E-state index in [1.807, 2.05) is 24.3 Å². The zero-order valence-electron chi connectivity index (χ0n) is 13.6. The Hall–Kier alpha value is -0.690. The molecule has 4 unspecified atom stereocenters. The van der Waals surface area contributed by atoms with Crippen LogP contribution in [0, 0.1) is 8.99 Å². The SMILES string of the molecule is CCC(F)C1(C(=O)OC)CCC2CCC1(c1ccc(I)cc1)N2. The molecule has 0 saturated carbocycles. The van der Waals surface area contributed by atoms with Crippen LogP contribution in [0.5, 0.6) is 0 Å². The standard InChI is InChI=1S/C18H23FINO2/c1-3-15(19)17(16(22)23-2)10-8-14-9-11-18(17,21-14)12-4-6-13(20)7-5-12/h4-7,14-15,21H,3,8-11H2,1-2H3. The molecule has 0 amide bonds. The van der Waals surface area contributed by atoms with Gasteiger partial charge in [-0.05, 0) is 72.4 Å². The van der Waals surface area contributed by atoms with Crippen LogP contribution in [-0.2, 0) is 15.1 Å². The number of carbonyl (C=O) groups excluding carboxylic acids is 1. The van der Waals surface area contributed by atoms with Gasteiger partial charge in [-0.3, -0.25) is 4.79 Å². The Bertz CT molecular complexity index is 593. The molecule has 2 aliphatic rings. The van der Waals surface area contributed by atoms with Crippen molar-refractivity contribution in [1.82, 2.24) is 5.32 Å². The molecule has 0 aliphatic carbocycles. The number of piperidine rings is 1. The Labute approximate surface area is 150 Å². The first-order chi connectivity index (χ1) is 11.0. The van der Waals surface area contributed by atoms with Crippen LogP contribution in [0.3, 0.4) is 0 Å². The number of hydrogen-bond donors (Lipinski definition) is 1. The number of methoxy groups -OCH3 is 1. The summed E-state index contributed by atoms with van der Waals surface area (Å²) in [4.78, 5) is 12.8. The van der Waals surface area contributed by atoms with Gasteiger partial charge in [0.1, 0.15) is 11.6 Å². The molecule has 2 saturated heterocycles. The van der Waals surface area contributed by atoms with Gasteiger partial charge in [-0.15, -0.1) is 0 Å². The number of nitrogens with one attached hydrogen (secondary N) is 1. The summed E-state index contributed by atoms with van der Waals surface area (Å²) in [7, 11) is 1.37. The van der Waals surface area contributed by atoms with E-state index < -0.39 is 23.1 Å². The molecule has 1 aromatic rings. The number of esters is 1. The lowest BCUT2D eigenvalue weighted by Crippen LogP contribution is -2.65. The topological polar surface area (TPSA) is 38.3 Å². The molecule has 3 rings (SSSR count). The smallest absolute Gasteiger partial charge is 0.317 e. The normalized spacial score (nSPS) is 34.2. The predicted molar refractivity (Wildman–Crippen MR) is 95.9 cm³/mol. The number of benzene rings is 1. The highest BCUT2D eigenvalue weighted by molar-refractivity contribution is 14.1. The van der Waals surface area contributed by atoms with Crippen LogP contribution >= 0.6 is 22.6 Å². The molecular formula is C18H23FINO2. The molecular weight excluding hydrogens is 408 g/mol. The maximum absolute atomic E-state index is 15.2. The molecule has 126 valence electrons. The number of carbonyl (C=O) groups is 1. The summed E-state index contributed by atoms with van der Waals surface area (Å²) in [6.45, 7) is 1.80. The third kappa shape index (κ3) is 2.42. The molecule has 4 atom stereocenters. The molecule has 0 aromatic heterocycles. The van der Waals surface area contributed by atoms with Crippen molar-refractivity contribution in [3.63, 3.8) is 0 Å². The Morgan fingerprint density at radius 3 is 2.65 bits per heavy atom. The van der Waals surface area contributed by atoms with E-state index in [0.717, 1.165) is 28.4 Å².